The molecule has 0 aliphatic carbocycles. The molecule has 1 aromatic carbocycles. The number of rotatable bonds is 4. The summed E-state index contributed by atoms with van der Waals surface area (Å²) in [4.78, 5) is -0.325. The molecule has 0 unspecified atom stereocenters. The maximum atomic E-state index is 13.3. The Labute approximate surface area is 95.0 Å². The Morgan fingerprint density at radius 1 is 1.50 bits per heavy atom. The second-order valence-electron chi connectivity index (χ2n) is 3.72. The second kappa shape index (κ2) is 4.76. The molecule has 0 saturated carbocycles. The molecule has 1 N–H and O–H groups in total. The highest BCUT2D eigenvalue weighted by Gasteiger charge is 2.18. The maximum Gasteiger partial charge on any atom is 0.243 e. The van der Waals surface area contributed by atoms with Gasteiger partial charge in [-0.05, 0) is 31.5 Å². The van der Waals surface area contributed by atoms with Gasteiger partial charge in [0.2, 0.25) is 10.0 Å². The third-order valence-electron chi connectivity index (χ3n) is 1.94. The molecule has 0 heterocycles. The van der Waals surface area contributed by atoms with Gasteiger partial charge in [0.25, 0.3) is 0 Å². The summed E-state index contributed by atoms with van der Waals surface area (Å²) in [6.07, 6.45) is 0. The minimum Gasteiger partial charge on any atom is -0.207 e. The Kier molecular flexibility index (Phi) is 3.83. The van der Waals surface area contributed by atoms with Crippen molar-refractivity contribution >= 4 is 10.0 Å². The molecular formula is C11H14FNO2S. The van der Waals surface area contributed by atoms with Crippen LogP contribution >= 0.6 is 0 Å². The Balaban J connectivity index is 3.07. The summed E-state index contributed by atoms with van der Waals surface area (Å²) < 4.78 is 39.1. The Bertz CT molecular complexity index is 509. The summed E-state index contributed by atoms with van der Waals surface area (Å²) in [6, 6.07) is 3.97. The number of hydrogen-bond donors (Lipinski definition) is 1. The minimum absolute atomic E-state index is 0.107. The van der Waals surface area contributed by atoms with E-state index < -0.39 is 15.8 Å². The first-order chi connectivity index (χ1) is 7.33. The number of hydrogen-bond acceptors (Lipinski definition) is 2. The average Bonchev–Trinajstić information content (AvgIpc) is 2.19. The molecule has 1 aromatic rings. The van der Waals surface area contributed by atoms with Crippen molar-refractivity contribution in [3.63, 3.8) is 0 Å². The molecule has 16 heavy (non-hydrogen) atoms. The topological polar surface area (TPSA) is 46.2 Å². The summed E-state index contributed by atoms with van der Waals surface area (Å²) in [5.41, 5.74) is 1.36. The predicted octanol–water partition coefficient (Wildman–Crippen LogP) is 1.99. The number of sulfonamides is 1. The van der Waals surface area contributed by atoms with Crippen LogP contribution in [0.1, 0.15) is 12.5 Å². The van der Waals surface area contributed by atoms with Gasteiger partial charge in [-0.2, -0.15) is 0 Å². The summed E-state index contributed by atoms with van der Waals surface area (Å²) in [7, 11) is -3.79. The lowest BCUT2D eigenvalue weighted by molar-refractivity contribution is 0.558. The van der Waals surface area contributed by atoms with Crippen molar-refractivity contribution in [1.29, 1.82) is 0 Å². The number of benzene rings is 1. The molecule has 0 aliphatic heterocycles. The molecule has 0 bridgehead atoms. The van der Waals surface area contributed by atoms with Crippen LogP contribution in [0.5, 0.6) is 0 Å². The van der Waals surface area contributed by atoms with Crippen LogP contribution < -0.4 is 4.72 Å². The van der Waals surface area contributed by atoms with Crippen molar-refractivity contribution in [2.45, 2.75) is 18.7 Å². The van der Waals surface area contributed by atoms with Crippen LogP contribution in [0.25, 0.3) is 0 Å². The Morgan fingerprint density at radius 3 is 2.69 bits per heavy atom. The van der Waals surface area contributed by atoms with Crippen LogP contribution in [0.2, 0.25) is 0 Å². The van der Waals surface area contributed by atoms with Crippen molar-refractivity contribution in [1.82, 2.24) is 4.72 Å². The number of aryl methyl sites for hydroxylation is 1. The summed E-state index contributed by atoms with van der Waals surface area (Å²) in [5, 5.41) is 0. The van der Waals surface area contributed by atoms with E-state index in [1.54, 1.807) is 13.8 Å². The van der Waals surface area contributed by atoms with Crippen LogP contribution in [-0.4, -0.2) is 15.0 Å². The number of nitrogens with one attached hydrogen (secondary N) is 1. The largest absolute Gasteiger partial charge is 0.243 e. The molecule has 0 aromatic heterocycles. The maximum absolute atomic E-state index is 13.3. The SMILES string of the molecule is C=C(C)CNS(=O)(=O)c1cc(C)ccc1F. The van der Waals surface area contributed by atoms with E-state index in [1.165, 1.54) is 12.1 Å². The third-order valence-corrected chi connectivity index (χ3v) is 3.36. The van der Waals surface area contributed by atoms with E-state index in [0.717, 1.165) is 6.07 Å². The van der Waals surface area contributed by atoms with Crippen LogP contribution in [0.15, 0.2) is 35.2 Å². The van der Waals surface area contributed by atoms with Crippen molar-refractivity contribution in [2.24, 2.45) is 0 Å². The second-order valence-corrected chi connectivity index (χ2v) is 5.45. The van der Waals surface area contributed by atoms with E-state index in [9.17, 15) is 12.8 Å². The van der Waals surface area contributed by atoms with Gasteiger partial charge in [0.15, 0.2) is 0 Å². The Morgan fingerprint density at radius 2 is 2.12 bits per heavy atom. The van der Waals surface area contributed by atoms with E-state index in [0.29, 0.717) is 11.1 Å². The minimum atomic E-state index is -3.79. The molecule has 0 atom stereocenters. The summed E-state index contributed by atoms with van der Waals surface area (Å²) in [6.45, 7) is 7.07. The quantitative estimate of drug-likeness (QED) is 0.822. The molecule has 1 rings (SSSR count). The zero-order valence-corrected chi connectivity index (χ0v) is 10.1. The van der Waals surface area contributed by atoms with Crippen molar-refractivity contribution < 1.29 is 12.8 Å². The zero-order valence-electron chi connectivity index (χ0n) is 9.25. The van der Waals surface area contributed by atoms with Gasteiger partial charge in [0.1, 0.15) is 10.7 Å². The van der Waals surface area contributed by atoms with Crippen LogP contribution in [0, 0.1) is 12.7 Å². The third kappa shape index (κ3) is 3.15. The van der Waals surface area contributed by atoms with E-state index in [1.807, 2.05) is 0 Å². The lowest BCUT2D eigenvalue weighted by atomic mass is 10.2. The van der Waals surface area contributed by atoms with E-state index >= 15 is 0 Å². The number of halogens is 1. The fourth-order valence-electron chi connectivity index (χ4n) is 1.11. The van der Waals surface area contributed by atoms with Gasteiger partial charge in [0, 0.05) is 6.54 Å². The predicted molar refractivity (Wildman–Crippen MR) is 61.1 cm³/mol. The fraction of sp³-hybridized carbons (Fsp3) is 0.273. The first-order valence-corrected chi connectivity index (χ1v) is 6.21. The average molecular weight is 243 g/mol. The van der Waals surface area contributed by atoms with Gasteiger partial charge in [-0.15, -0.1) is 0 Å². The first-order valence-electron chi connectivity index (χ1n) is 4.73. The van der Waals surface area contributed by atoms with E-state index in [-0.39, 0.29) is 11.4 Å². The van der Waals surface area contributed by atoms with Crippen molar-refractivity contribution in [3.05, 3.63) is 41.7 Å². The molecule has 0 amide bonds. The lowest BCUT2D eigenvalue weighted by Gasteiger charge is -2.08. The molecule has 0 radical (unpaired) electrons. The Hall–Kier alpha value is -1.20. The molecule has 0 saturated heterocycles. The van der Waals surface area contributed by atoms with Crippen molar-refractivity contribution in [2.75, 3.05) is 6.54 Å². The highest BCUT2D eigenvalue weighted by molar-refractivity contribution is 7.89. The summed E-state index contributed by atoms with van der Waals surface area (Å²) in [5.74, 6) is -0.750. The van der Waals surface area contributed by atoms with Crippen molar-refractivity contribution in [3.8, 4) is 0 Å². The smallest absolute Gasteiger partial charge is 0.207 e. The van der Waals surface area contributed by atoms with E-state index in [4.69, 9.17) is 0 Å². The van der Waals surface area contributed by atoms with Crippen LogP contribution in [0.4, 0.5) is 4.39 Å². The molecule has 0 fully saturated rings. The first kappa shape index (κ1) is 12.9. The van der Waals surface area contributed by atoms with Gasteiger partial charge in [-0.1, -0.05) is 18.2 Å². The van der Waals surface area contributed by atoms with Gasteiger partial charge in [-0.25, -0.2) is 17.5 Å². The summed E-state index contributed by atoms with van der Waals surface area (Å²) >= 11 is 0. The monoisotopic (exact) mass is 243 g/mol. The zero-order chi connectivity index (χ0) is 12.3. The molecule has 5 heteroatoms. The van der Waals surface area contributed by atoms with E-state index in [2.05, 4.69) is 11.3 Å². The molecule has 0 spiro atoms. The van der Waals surface area contributed by atoms with Gasteiger partial charge < -0.3 is 0 Å². The highest BCUT2D eigenvalue weighted by Crippen LogP contribution is 2.15. The van der Waals surface area contributed by atoms with Gasteiger partial charge in [0.05, 0.1) is 0 Å². The molecule has 88 valence electrons. The van der Waals surface area contributed by atoms with Crippen LogP contribution in [-0.2, 0) is 10.0 Å². The standard InChI is InChI=1S/C11H14FNO2S/c1-8(2)7-13-16(14,15)11-6-9(3)4-5-10(11)12/h4-6,13H,1,7H2,2-3H3. The van der Waals surface area contributed by atoms with Gasteiger partial charge >= 0.3 is 0 Å². The van der Waals surface area contributed by atoms with Gasteiger partial charge in [-0.3, -0.25) is 0 Å². The highest BCUT2D eigenvalue weighted by atomic mass is 32.2. The normalized spacial score (nSPS) is 11.4. The molecular weight excluding hydrogens is 229 g/mol. The fourth-order valence-corrected chi connectivity index (χ4v) is 2.37. The molecule has 0 aliphatic rings. The lowest BCUT2D eigenvalue weighted by Crippen LogP contribution is -2.26. The van der Waals surface area contributed by atoms with Crippen LogP contribution in [0.3, 0.4) is 0 Å². The molecule has 3 nitrogen and oxygen atoms in total.